The van der Waals surface area contributed by atoms with E-state index in [9.17, 15) is 9.18 Å². The van der Waals surface area contributed by atoms with Crippen LogP contribution in [0.2, 0.25) is 5.15 Å². The molecule has 1 unspecified atom stereocenters. The van der Waals surface area contributed by atoms with Gasteiger partial charge in [-0.15, -0.1) is 0 Å². The molecule has 0 saturated carbocycles. The first-order valence-corrected chi connectivity index (χ1v) is 7.74. The average Bonchev–Trinajstić information content (AvgIpc) is 3.08. The first kappa shape index (κ1) is 17.0. The number of hydrogen-bond acceptors (Lipinski definition) is 6. The van der Waals surface area contributed by atoms with E-state index in [1.807, 2.05) is 0 Å². The Bertz CT molecular complexity index is 912. The lowest BCUT2D eigenvalue weighted by Crippen LogP contribution is -2.09. The Balaban J connectivity index is 1.74. The van der Waals surface area contributed by atoms with Crippen LogP contribution in [-0.2, 0) is 4.74 Å². The second kappa shape index (κ2) is 6.98. The summed E-state index contributed by atoms with van der Waals surface area (Å²) in [6, 6.07) is 7.61. The van der Waals surface area contributed by atoms with Crippen molar-refractivity contribution in [3.63, 3.8) is 0 Å². The van der Waals surface area contributed by atoms with Gasteiger partial charge in [0.2, 0.25) is 5.82 Å². The van der Waals surface area contributed by atoms with Crippen LogP contribution in [0.4, 0.5) is 4.39 Å². The van der Waals surface area contributed by atoms with E-state index in [0.29, 0.717) is 11.1 Å². The smallest absolute Gasteiger partial charge is 0.340 e. The molecule has 0 radical (unpaired) electrons. The molecule has 2 aromatic heterocycles. The molecule has 0 saturated heterocycles. The SMILES string of the molecule is Cc1ccc(-c2noc(C(C)OC(=O)c3ccc(Cl)nc3)n2)cc1F. The zero-order valence-electron chi connectivity index (χ0n) is 13.4. The van der Waals surface area contributed by atoms with Gasteiger partial charge < -0.3 is 9.26 Å². The minimum absolute atomic E-state index is 0.103. The summed E-state index contributed by atoms with van der Waals surface area (Å²) in [4.78, 5) is 20.0. The van der Waals surface area contributed by atoms with Gasteiger partial charge in [-0.2, -0.15) is 4.98 Å². The van der Waals surface area contributed by atoms with Crippen LogP contribution in [0.3, 0.4) is 0 Å². The van der Waals surface area contributed by atoms with Crippen molar-refractivity contribution in [3.05, 3.63) is 64.5 Å². The van der Waals surface area contributed by atoms with E-state index in [-0.39, 0.29) is 28.2 Å². The largest absolute Gasteiger partial charge is 0.449 e. The van der Waals surface area contributed by atoms with E-state index in [4.69, 9.17) is 20.9 Å². The first-order chi connectivity index (χ1) is 11.9. The molecule has 0 fully saturated rings. The quantitative estimate of drug-likeness (QED) is 0.513. The highest BCUT2D eigenvalue weighted by Gasteiger charge is 2.20. The number of esters is 1. The normalized spacial score (nSPS) is 12.0. The van der Waals surface area contributed by atoms with Crippen molar-refractivity contribution in [1.82, 2.24) is 15.1 Å². The van der Waals surface area contributed by atoms with Crippen LogP contribution < -0.4 is 0 Å². The fraction of sp³-hybridized carbons (Fsp3) is 0.176. The molecule has 0 amide bonds. The number of nitrogens with zero attached hydrogens (tertiary/aromatic N) is 3. The Morgan fingerprint density at radius 2 is 2.12 bits per heavy atom. The predicted octanol–water partition coefficient (Wildman–Crippen LogP) is 4.15. The van der Waals surface area contributed by atoms with Crippen molar-refractivity contribution in [3.8, 4) is 11.4 Å². The minimum Gasteiger partial charge on any atom is -0.449 e. The lowest BCUT2D eigenvalue weighted by Gasteiger charge is -2.08. The van der Waals surface area contributed by atoms with Gasteiger partial charge in [-0.1, -0.05) is 28.9 Å². The summed E-state index contributed by atoms with van der Waals surface area (Å²) in [6.45, 7) is 3.25. The van der Waals surface area contributed by atoms with Crippen molar-refractivity contribution in [2.24, 2.45) is 0 Å². The summed E-state index contributed by atoms with van der Waals surface area (Å²) in [7, 11) is 0. The van der Waals surface area contributed by atoms with Crippen LogP contribution >= 0.6 is 11.6 Å². The molecule has 1 aromatic carbocycles. The standard InChI is InChI=1S/C17H13ClFN3O3/c1-9-3-4-11(7-13(9)19)15-21-16(25-22-15)10(2)24-17(23)12-5-6-14(18)20-8-12/h3-8,10H,1-2H3. The fourth-order valence-electron chi connectivity index (χ4n) is 2.03. The van der Waals surface area contributed by atoms with E-state index < -0.39 is 12.1 Å². The number of halogens is 2. The van der Waals surface area contributed by atoms with Gasteiger partial charge in [-0.05, 0) is 37.6 Å². The van der Waals surface area contributed by atoms with Gasteiger partial charge in [0.15, 0.2) is 6.10 Å². The molecule has 0 N–H and O–H groups in total. The van der Waals surface area contributed by atoms with Crippen molar-refractivity contribution in [2.75, 3.05) is 0 Å². The molecule has 0 aliphatic heterocycles. The zero-order valence-corrected chi connectivity index (χ0v) is 14.1. The number of aryl methyl sites for hydroxylation is 1. The lowest BCUT2D eigenvalue weighted by atomic mass is 10.1. The van der Waals surface area contributed by atoms with Crippen LogP contribution in [0.15, 0.2) is 41.1 Å². The van der Waals surface area contributed by atoms with Gasteiger partial charge in [-0.3, -0.25) is 0 Å². The molecule has 0 bridgehead atoms. The second-order valence-corrected chi connectivity index (χ2v) is 5.72. The van der Waals surface area contributed by atoms with Gasteiger partial charge >= 0.3 is 5.97 Å². The number of aromatic nitrogens is 3. The molecule has 0 spiro atoms. The van der Waals surface area contributed by atoms with Crippen molar-refractivity contribution in [1.29, 1.82) is 0 Å². The van der Waals surface area contributed by atoms with E-state index in [0.717, 1.165) is 0 Å². The molecule has 3 rings (SSSR count). The van der Waals surface area contributed by atoms with Gasteiger partial charge in [-0.25, -0.2) is 14.2 Å². The van der Waals surface area contributed by atoms with Crippen LogP contribution in [0.5, 0.6) is 0 Å². The first-order valence-electron chi connectivity index (χ1n) is 7.36. The van der Waals surface area contributed by atoms with E-state index in [2.05, 4.69) is 15.1 Å². The molecular formula is C17H13ClFN3O3. The summed E-state index contributed by atoms with van der Waals surface area (Å²) in [5.74, 6) is -0.646. The van der Waals surface area contributed by atoms with Gasteiger partial charge in [0.25, 0.3) is 5.89 Å². The third-order valence-electron chi connectivity index (χ3n) is 3.47. The highest BCUT2D eigenvalue weighted by molar-refractivity contribution is 6.29. The summed E-state index contributed by atoms with van der Waals surface area (Å²) < 4.78 is 24.0. The topological polar surface area (TPSA) is 78.1 Å². The zero-order chi connectivity index (χ0) is 18.0. The Hall–Kier alpha value is -2.80. The van der Waals surface area contributed by atoms with Crippen molar-refractivity contribution in [2.45, 2.75) is 20.0 Å². The molecule has 0 aliphatic carbocycles. The highest BCUT2D eigenvalue weighted by Crippen LogP contribution is 2.23. The third kappa shape index (κ3) is 3.83. The average molecular weight is 362 g/mol. The summed E-state index contributed by atoms with van der Waals surface area (Å²) >= 11 is 5.68. The molecule has 128 valence electrons. The summed E-state index contributed by atoms with van der Waals surface area (Å²) in [6.07, 6.45) is 0.533. The fourth-order valence-corrected chi connectivity index (χ4v) is 2.14. The van der Waals surface area contributed by atoms with E-state index in [1.54, 1.807) is 26.0 Å². The van der Waals surface area contributed by atoms with Crippen LogP contribution in [0.1, 0.15) is 34.8 Å². The Morgan fingerprint density at radius 3 is 2.80 bits per heavy atom. The third-order valence-corrected chi connectivity index (χ3v) is 3.69. The van der Waals surface area contributed by atoms with E-state index in [1.165, 1.54) is 24.4 Å². The second-order valence-electron chi connectivity index (χ2n) is 5.34. The number of pyridine rings is 1. The van der Waals surface area contributed by atoms with Crippen molar-refractivity contribution >= 4 is 17.6 Å². The van der Waals surface area contributed by atoms with Crippen LogP contribution in [0.25, 0.3) is 11.4 Å². The molecule has 1 atom stereocenters. The number of hydrogen-bond donors (Lipinski definition) is 0. The van der Waals surface area contributed by atoms with Gasteiger partial charge in [0.05, 0.1) is 5.56 Å². The minimum atomic E-state index is -0.778. The number of carbonyl (C=O) groups excluding carboxylic acids is 1. The molecule has 8 heteroatoms. The number of benzene rings is 1. The molecule has 25 heavy (non-hydrogen) atoms. The van der Waals surface area contributed by atoms with Crippen LogP contribution in [0, 0.1) is 12.7 Å². The number of rotatable bonds is 4. The number of ether oxygens (including phenoxy) is 1. The number of carbonyl (C=O) groups is 1. The summed E-state index contributed by atoms with van der Waals surface area (Å²) in [5.41, 5.74) is 1.24. The van der Waals surface area contributed by atoms with Crippen molar-refractivity contribution < 1.29 is 18.4 Å². The Morgan fingerprint density at radius 1 is 1.32 bits per heavy atom. The van der Waals surface area contributed by atoms with Crippen LogP contribution in [-0.4, -0.2) is 21.1 Å². The maximum Gasteiger partial charge on any atom is 0.340 e. The molecule has 3 aromatic rings. The molecule has 6 nitrogen and oxygen atoms in total. The Labute approximate surface area is 147 Å². The van der Waals surface area contributed by atoms with Gasteiger partial charge in [0, 0.05) is 11.8 Å². The molecule has 0 aliphatic rings. The Kier molecular flexibility index (Phi) is 4.76. The molecular weight excluding hydrogens is 349 g/mol. The summed E-state index contributed by atoms with van der Waals surface area (Å²) in [5, 5.41) is 4.07. The monoisotopic (exact) mass is 361 g/mol. The maximum atomic E-state index is 13.6. The lowest BCUT2D eigenvalue weighted by molar-refractivity contribution is 0.0265. The van der Waals surface area contributed by atoms with Gasteiger partial charge in [0.1, 0.15) is 11.0 Å². The molecule has 2 heterocycles. The van der Waals surface area contributed by atoms with E-state index >= 15 is 0 Å². The maximum absolute atomic E-state index is 13.6. The highest BCUT2D eigenvalue weighted by atomic mass is 35.5. The predicted molar refractivity (Wildman–Crippen MR) is 87.5 cm³/mol.